The minimum Gasteiger partial charge on any atom is -0.349 e. The number of H-pyrrole nitrogens is 1. The van der Waals surface area contributed by atoms with Gasteiger partial charge in [-0.1, -0.05) is 30.3 Å². The highest BCUT2D eigenvalue weighted by molar-refractivity contribution is 5.26. The van der Waals surface area contributed by atoms with Crippen molar-refractivity contribution in [2.75, 3.05) is 6.61 Å². The summed E-state index contributed by atoms with van der Waals surface area (Å²) in [5.41, 5.74) is 4.26. The summed E-state index contributed by atoms with van der Waals surface area (Å²) >= 11 is 0. The van der Waals surface area contributed by atoms with E-state index in [2.05, 4.69) is 39.7 Å². The van der Waals surface area contributed by atoms with E-state index in [1.165, 1.54) is 5.56 Å². The fraction of sp³-hybridized carbons (Fsp3) is 0.308. The summed E-state index contributed by atoms with van der Waals surface area (Å²) in [5, 5.41) is 0. The number of hydrogen-bond acceptors (Lipinski definition) is 3. The Hall–Kier alpha value is -1.65. The Morgan fingerprint density at radius 3 is 2.82 bits per heavy atom. The maximum atomic E-state index is 5.37. The van der Waals surface area contributed by atoms with Crippen molar-refractivity contribution in [3.05, 3.63) is 54.1 Å². The zero-order valence-corrected chi connectivity index (χ0v) is 9.52. The third-order valence-electron chi connectivity index (χ3n) is 3.25. The third kappa shape index (κ3) is 1.97. The molecule has 2 aromatic rings. The van der Waals surface area contributed by atoms with E-state index >= 15 is 0 Å². The Morgan fingerprint density at radius 2 is 2.18 bits per heavy atom. The Balaban J connectivity index is 1.93. The van der Waals surface area contributed by atoms with Gasteiger partial charge in [0.15, 0.2) is 0 Å². The summed E-state index contributed by atoms with van der Waals surface area (Å²) in [6.07, 6.45) is 5.40. The van der Waals surface area contributed by atoms with E-state index < -0.39 is 0 Å². The molecule has 1 fully saturated rings. The zero-order valence-electron chi connectivity index (χ0n) is 9.52. The van der Waals surface area contributed by atoms with Crippen molar-refractivity contribution < 1.29 is 4.84 Å². The molecule has 17 heavy (non-hydrogen) atoms. The second-order valence-electron chi connectivity index (χ2n) is 4.36. The zero-order chi connectivity index (χ0) is 11.6. The van der Waals surface area contributed by atoms with Gasteiger partial charge in [0.05, 0.1) is 12.1 Å². The number of benzene rings is 1. The molecule has 1 unspecified atom stereocenters. The van der Waals surface area contributed by atoms with Gasteiger partial charge in [-0.25, -0.2) is 4.98 Å². The normalized spacial score (nSPS) is 24.0. The predicted molar refractivity (Wildman–Crippen MR) is 64.1 cm³/mol. The summed E-state index contributed by atoms with van der Waals surface area (Å²) in [6.45, 7) is 0.732. The van der Waals surface area contributed by atoms with Crippen LogP contribution in [0.4, 0.5) is 0 Å². The van der Waals surface area contributed by atoms with Gasteiger partial charge in [0.25, 0.3) is 0 Å². The van der Waals surface area contributed by atoms with E-state index in [4.69, 9.17) is 4.84 Å². The average molecular weight is 229 g/mol. The van der Waals surface area contributed by atoms with Gasteiger partial charge in [-0.15, -0.1) is 0 Å². The summed E-state index contributed by atoms with van der Waals surface area (Å²) < 4.78 is 0. The van der Waals surface area contributed by atoms with Gasteiger partial charge in [0.1, 0.15) is 5.82 Å². The van der Waals surface area contributed by atoms with Crippen LogP contribution in [0.3, 0.4) is 0 Å². The molecule has 1 aromatic heterocycles. The van der Waals surface area contributed by atoms with Gasteiger partial charge < -0.3 is 9.82 Å². The van der Waals surface area contributed by atoms with Crippen molar-refractivity contribution in [2.45, 2.75) is 18.4 Å². The number of nitrogens with zero attached hydrogens (tertiary/aromatic N) is 1. The molecule has 1 atom stereocenters. The van der Waals surface area contributed by atoms with Crippen LogP contribution in [0.15, 0.2) is 42.7 Å². The molecule has 4 nitrogen and oxygen atoms in total. The van der Waals surface area contributed by atoms with Crippen molar-refractivity contribution in [1.29, 1.82) is 0 Å². The molecular formula is C13H15N3O. The van der Waals surface area contributed by atoms with Gasteiger partial charge >= 0.3 is 0 Å². The molecule has 0 saturated carbocycles. The van der Waals surface area contributed by atoms with Crippen molar-refractivity contribution in [3.8, 4) is 0 Å². The number of rotatable bonds is 3. The van der Waals surface area contributed by atoms with Gasteiger partial charge in [-0.2, -0.15) is 5.48 Å². The van der Waals surface area contributed by atoms with Crippen LogP contribution in [0.5, 0.6) is 0 Å². The summed E-state index contributed by atoms with van der Waals surface area (Å²) in [5.74, 6) is 0.979. The van der Waals surface area contributed by atoms with E-state index in [0.29, 0.717) is 0 Å². The van der Waals surface area contributed by atoms with Crippen LogP contribution < -0.4 is 5.48 Å². The molecule has 0 bridgehead atoms. The standard InChI is InChI=1S/C13H15N3O/c1-2-4-11(5-3-1)13(6-9-17-16-13)10-12-14-7-8-15-12/h1-5,7-8,16H,6,9-10H2,(H,14,15). The molecule has 1 aliphatic rings. The van der Waals surface area contributed by atoms with E-state index in [0.717, 1.165) is 25.3 Å². The lowest BCUT2D eigenvalue weighted by Crippen LogP contribution is -2.38. The molecule has 2 N–H and O–H groups in total. The second-order valence-corrected chi connectivity index (χ2v) is 4.36. The molecule has 3 rings (SSSR count). The molecule has 88 valence electrons. The van der Waals surface area contributed by atoms with Crippen molar-refractivity contribution in [3.63, 3.8) is 0 Å². The molecule has 1 aliphatic heterocycles. The number of imidazole rings is 1. The fourth-order valence-corrected chi connectivity index (χ4v) is 2.33. The molecule has 2 heterocycles. The summed E-state index contributed by atoms with van der Waals surface area (Å²) in [7, 11) is 0. The van der Waals surface area contributed by atoms with E-state index in [-0.39, 0.29) is 5.54 Å². The first-order valence-electron chi connectivity index (χ1n) is 5.82. The first-order valence-corrected chi connectivity index (χ1v) is 5.82. The average Bonchev–Trinajstić information content (AvgIpc) is 3.03. The summed E-state index contributed by atoms with van der Waals surface area (Å²) in [4.78, 5) is 12.8. The van der Waals surface area contributed by atoms with Crippen molar-refractivity contribution in [2.24, 2.45) is 0 Å². The highest BCUT2D eigenvalue weighted by Crippen LogP contribution is 2.31. The van der Waals surface area contributed by atoms with Gasteiger partial charge in [-0.3, -0.25) is 0 Å². The van der Waals surface area contributed by atoms with Crippen LogP contribution in [-0.2, 0) is 16.8 Å². The molecule has 0 amide bonds. The number of nitrogens with one attached hydrogen (secondary N) is 2. The van der Waals surface area contributed by atoms with Gasteiger partial charge in [0, 0.05) is 18.8 Å². The highest BCUT2D eigenvalue weighted by Gasteiger charge is 2.37. The Bertz CT molecular complexity index is 461. The SMILES string of the molecule is c1ccc(C2(Cc3ncc[nH]3)CCON2)cc1. The Labute approximate surface area is 100.0 Å². The van der Waals surface area contributed by atoms with Crippen molar-refractivity contribution in [1.82, 2.24) is 15.4 Å². The smallest absolute Gasteiger partial charge is 0.108 e. The maximum Gasteiger partial charge on any atom is 0.108 e. The minimum atomic E-state index is -0.154. The fourth-order valence-electron chi connectivity index (χ4n) is 2.33. The summed E-state index contributed by atoms with van der Waals surface area (Å²) in [6, 6.07) is 10.4. The molecule has 1 aromatic carbocycles. The topological polar surface area (TPSA) is 49.9 Å². The molecule has 0 radical (unpaired) electrons. The number of hydroxylamine groups is 1. The minimum absolute atomic E-state index is 0.154. The lowest BCUT2D eigenvalue weighted by Gasteiger charge is -2.27. The Morgan fingerprint density at radius 1 is 1.29 bits per heavy atom. The quantitative estimate of drug-likeness (QED) is 0.843. The van der Waals surface area contributed by atoms with Crippen LogP contribution in [-0.4, -0.2) is 16.6 Å². The highest BCUT2D eigenvalue weighted by atomic mass is 16.7. The van der Waals surface area contributed by atoms with Gasteiger partial charge in [0.2, 0.25) is 0 Å². The molecular weight excluding hydrogens is 214 g/mol. The number of aromatic amines is 1. The number of hydrogen-bond donors (Lipinski definition) is 2. The largest absolute Gasteiger partial charge is 0.349 e. The predicted octanol–water partition coefficient (Wildman–Crippen LogP) is 1.77. The number of aromatic nitrogens is 2. The monoisotopic (exact) mass is 229 g/mol. The first kappa shape index (κ1) is 10.5. The van der Waals surface area contributed by atoms with Gasteiger partial charge in [-0.05, 0) is 12.0 Å². The van der Waals surface area contributed by atoms with E-state index in [1.54, 1.807) is 6.20 Å². The van der Waals surface area contributed by atoms with E-state index in [1.807, 2.05) is 12.3 Å². The molecule has 4 heteroatoms. The van der Waals surface area contributed by atoms with Crippen molar-refractivity contribution >= 4 is 0 Å². The molecule has 0 spiro atoms. The van der Waals surface area contributed by atoms with Crippen LogP contribution in [0.2, 0.25) is 0 Å². The third-order valence-corrected chi connectivity index (χ3v) is 3.25. The maximum absolute atomic E-state index is 5.37. The van der Waals surface area contributed by atoms with Crippen LogP contribution in [0.25, 0.3) is 0 Å². The molecule has 1 saturated heterocycles. The lowest BCUT2D eigenvalue weighted by atomic mass is 9.85. The van der Waals surface area contributed by atoms with E-state index in [9.17, 15) is 0 Å². The lowest BCUT2D eigenvalue weighted by molar-refractivity contribution is 0.0594. The van der Waals surface area contributed by atoms with Crippen LogP contribution in [0, 0.1) is 0 Å². The molecule has 0 aliphatic carbocycles. The van der Waals surface area contributed by atoms with Crippen LogP contribution >= 0.6 is 0 Å². The first-order chi connectivity index (χ1) is 8.39. The van der Waals surface area contributed by atoms with Crippen LogP contribution in [0.1, 0.15) is 17.8 Å². The second kappa shape index (κ2) is 4.31. The Kier molecular flexibility index (Phi) is 2.66.